The predicted molar refractivity (Wildman–Crippen MR) is 63.3 cm³/mol. The van der Waals surface area contributed by atoms with Crippen molar-refractivity contribution in [3.63, 3.8) is 0 Å². The summed E-state index contributed by atoms with van der Waals surface area (Å²) in [6.45, 7) is 0.553. The van der Waals surface area contributed by atoms with E-state index in [2.05, 4.69) is 20.8 Å². The molecule has 6 heteroatoms. The highest BCUT2D eigenvalue weighted by molar-refractivity contribution is 5.53. The number of ether oxygens (including phenoxy) is 1. The van der Waals surface area contributed by atoms with Gasteiger partial charge in [-0.1, -0.05) is 5.10 Å². The van der Waals surface area contributed by atoms with Gasteiger partial charge in [-0.3, -0.25) is 0 Å². The van der Waals surface area contributed by atoms with Crippen LogP contribution in [0.15, 0.2) is 28.7 Å². The van der Waals surface area contributed by atoms with E-state index in [9.17, 15) is 0 Å². The number of anilines is 2. The molecule has 0 aliphatic heterocycles. The van der Waals surface area contributed by atoms with Gasteiger partial charge >= 0.3 is 6.01 Å². The molecule has 1 aromatic heterocycles. The number of methoxy groups -OCH3 is 1. The monoisotopic (exact) mass is 234 g/mol. The van der Waals surface area contributed by atoms with Crippen LogP contribution in [0.2, 0.25) is 0 Å². The van der Waals surface area contributed by atoms with Gasteiger partial charge in [0.1, 0.15) is 5.75 Å². The van der Waals surface area contributed by atoms with E-state index in [1.807, 2.05) is 31.3 Å². The van der Waals surface area contributed by atoms with Gasteiger partial charge in [-0.2, -0.15) is 0 Å². The minimum absolute atomic E-state index is 0.375. The summed E-state index contributed by atoms with van der Waals surface area (Å²) in [5.41, 5.74) is 0.866. The zero-order chi connectivity index (χ0) is 12.1. The SMILES string of the molecule is CNCc1nnc(Nc2ccc(OC)cc2)o1. The fourth-order valence-corrected chi connectivity index (χ4v) is 1.32. The van der Waals surface area contributed by atoms with Gasteiger partial charge in [0.05, 0.1) is 13.7 Å². The lowest BCUT2D eigenvalue weighted by atomic mass is 10.3. The maximum Gasteiger partial charge on any atom is 0.320 e. The zero-order valence-electron chi connectivity index (χ0n) is 9.73. The Morgan fingerprint density at radius 2 is 2.00 bits per heavy atom. The first-order valence-corrected chi connectivity index (χ1v) is 5.20. The van der Waals surface area contributed by atoms with E-state index in [0.717, 1.165) is 11.4 Å². The number of hydrogen-bond acceptors (Lipinski definition) is 6. The Labute approximate surface area is 99.0 Å². The quantitative estimate of drug-likeness (QED) is 0.817. The lowest BCUT2D eigenvalue weighted by Gasteiger charge is -2.02. The Hall–Kier alpha value is -2.08. The van der Waals surface area contributed by atoms with Crippen LogP contribution >= 0.6 is 0 Å². The number of nitrogens with one attached hydrogen (secondary N) is 2. The van der Waals surface area contributed by atoms with Crippen molar-refractivity contribution in [2.24, 2.45) is 0 Å². The number of aromatic nitrogens is 2. The molecule has 1 heterocycles. The predicted octanol–water partition coefficient (Wildman–Crippen LogP) is 1.54. The summed E-state index contributed by atoms with van der Waals surface area (Å²) in [4.78, 5) is 0. The average molecular weight is 234 g/mol. The molecule has 0 aliphatic carbocycles. The van der Waals surface area contributed by atoms with Gasteiger partial charge in [0.2, 0.25) is 5.89 Å². The molecular weight excluding hydrogens is 220 g/mol. The fourth-order valence-electron chi connectivity index (χ4n) is 1.32. The summed E-state index contributed by atoms with van der Waals surface area (Å²) < 4.78 is 10.4. The molecule has 0 saturated carbocycles. The summed E-state index contributed by atoms with van der Waals surface area (Å²) in [7, 11) is 3.45. The summed E-state index contributed by atoms with van der Waals surface area (Å²) in [5.74, 6) is 1.35. The second-order valence-electron chi connectivity index (χ2n) is 3.38. The Balaban J connectivity index is 2.03. The summed E-state index contributed by atoms with van der Waals surface area (Å²) >= 11 is 0. The normalized spacial score (nSPS) is 10.2. The van der Waals surface area contributed by atoms with Crippen molar-refractivity contribution in [1.82, 2.24) is 15.5 Å². The minimum Gasteiger partial charge on any atom is -0.497 e. The summed E-state index contributed by atoms with van der Waals surface area (Å²) in [6, 6.07) is 7.84. The molecule has 17 heavy (non-hydrogen) atoms. The van der Waals surface area contributed by atoms with E-state index < -0.39 is 0 Å². The molecule has 2 aromatic rings. The van der Waals surface area contributed by atoms with Crippen LogP contribution < -0.4 is 15.4 Å². The van der Waals surface area contributed by atoms with Crippen molar-refractivity contribution in [2.45, 2.75) is 6.54 Å². The van der Waals surface area contributed by atoms with Gasteiger partial charge in [0.25, 0.3) is 0 Å². The Morgan fingerprint density at radius 3 is 2.65 bits per heavy atom. The second-order valence-corrected chi connectivity index (χ2v) is 3.38. The molecule has 0 unspecified atom stereocenters. The van der Waals surface area contributed by atoms with E-state index in [4.69, 9.17) is 9.15 Å². The van der Waals surface area contributed by atoms with E-state index in [0.29, 0.717) is 18.5 Å². The van der Waals surface area contributed by atoms with Gasteiger partial charge in [-0.25, -0.2) is 0 Å². The van der Waals surface area contributed by atoms with E-state index >= 15 is 0 Å². The van der Waals surface area contributed by atoms with Gasteiger partial charge in [-0.05, 0) is 31.3 Å². The number of hydrogen-bond donors (Lipinski definition) is 2. The lowest BCUT2D eigenvalue weighted by molar-refractivity contribution is 0.415. The molecule has 1 aromatic carbocycles. The molecular formula is C11H14N4O2. The van der Waals surface area contributed by atoms with Gasteiger partial charge in [0, 0.05) is 5.69 Å². The number of rotatable bonds is 5. The number of nitrogens with zero attached hydrogens (tertiary/aromatic N) is 2. The van der Waals surface area contributed by atoms with Crippen molar-refractivity contribution < 1.29 is 9.15 Å². The van der Waals surface area contributed by atoms with Gasteiger partial charge < -0.3 is 19.8 Å². The molecule has 0 radical (unpaired) electrons. The van der Waals surface area contributed by atoms with Crippen LogP contribution in [0, 0.1) is 0 Å². The van der Waals surface area contributed by atoms with Crippen molar-refractivity contribution in [3.05, 3.63) is 30.2 Å². The largest absolute Gasteiger partial charge is 0.497 e. The first-order chi connectivity index (χ1) is 8.31. The first kappa shape index (κ1) is 11.4. The molecule has 0 aliphatic rings. The zero-order valence-corrected chi connectivity index (χ0v) is 9.73. The molecule has 0 bridgehead atoms. The van der Waals surface area contributed by atoms with Crippen LogP contribution in [0.3, 0.4) is 0 Å². The lowest BCUT2D eigenvalue weighted by Crippen LogP contribution is -2.04. The van der Waals surface area contributed by atoms with Crippen molar-refractivity contribution in [3.8, 4) is 5.75 Å². The standard InChI is InChI=1S/C11H14N4O2/c1-12-7-10-14-15-11(17-10)13-8-3-5-9(16-2)6-4-8/h3-6,12H,7H2,1-2H3,(H,13,15). The van der Waals surface area contributed by atoms with Gasteiger partial charge in [-0.15, -0.1) is 5.10 Å². The molecule has 0 fully saturated rings. The van der Waals surface area contributed by atoms with Crippen LogP contribution in [0.25, 0.3) is 0 Å². The Morgan fingerprint density at radius 1 is 1.24 bits per heavy atom. The first-order valence-electron chi connectivity index (χ1n) is 5.20. The highest BCUT2D eigenvalue weighted by atomic mass is 16.5. The average Bonchev–Trinajstić information content (AvgIpc) is 2.78. The van der Waals surface area contributed by atoms with Crippen molar-refractivity contribution in [2.75, 3.05) is 19.5 Å². The van der Waals surface area contributed by atoms with Crippen LogP contribution in [0.1, 0.15) is 5.89 Å². The van der Waals surface area contributed by atoms with Crippen LogP contribution in [0.5, 0.6) is 5.75 Å². The molecule has 2 rings (SSSR count). The highest BCUT2D eigenvalue weighted by Crippen LogP contribution is 2.18. The maximum absolute atomic E-state index is 5.36. The molecule has 0 saturated heterocycles. The Kier molecular flexibility index (Phi) is 3.56. The van der Waals surface area contributed by atoms with Crippen molar-refractivity contribution in [1.29, 1.82) is 0 Å². The van der Waals surface area contributed by atoms with Crippen LogP contribution in [0.4, 0.5) is 11.7 Å². The molecule has 90 valence electrons. The highest BCUT2D eigenvalue weighted by Gasteiger charge is 2.04. The minimum atomic E-state index is 0.375. The third kappa shape index (κ3) is 2.94. The van der Waals surface area contributed by atoms with Crippen molar-refractivity contribution >= 4 is 11.7 Å². The summed E-state index contributed by atoms with van der Waals surface area (Å²) in [6.07, 6.45) is 0. The smallest absolute Gasteiger partial charge is 0.320 e. The van der Waals surface area contributed by atoms with E-state index in [-0.39, 0.29) is 0 Å². The van der Waals surface area contributed by atoms with Gasteiger partial charge in [0.15, 0.2) is 0 Å². The molecule has 6 nitrogen and oxygen atoms in total. The number of benzene rings is 1. The molecule has 0 atom stereocenters. The summed E-state index contributed by atoms with van der Waals surface area (Å²) in [5, 5.41) is 13.7. The van der Waals surface area contributed by atoms with E-state index in [1.54, 1.807) is 7.11 Å². The van der Waals surface area contributed by atoms with Crippen LogP contribution in [-0.4, -0.2) is 24.4 Å². The Bertz CT molecular complexity index is 467. The third-order valence-corrected chi connectivity index (χ3v) is 2.14. The molecule has 0 spiro atoms. The topological polar surface area (TPSA) is 72.2 Å². The maximum atomic E-state index is 5.36. The fraction of sp³-hybridized carbons (Fsp3) is 0.273. The molecule has 0 amide bonds. The second kappa shape index (κ2) is 5.31. The molecule has 2 N–H and O–H groups in total. The third-order valence-electron chi connectivity index (χ3n) is 2.14. The van der Waals surface area contributed by atoms with Crippen LogP contribution in [-0.2, 0) is 6.54 Å². The van der Waals surface area contributed by atoms with E-state index in [1.165, 1.54) is 0 Å².